The van der Waals surface area contributed by atoms with E-state index in [-0.39, 0.29) is 17.2 Å². The summed E-state index contributed by atoms with van der Waals surface area (Å²) in [5.74, 6) is 0.115. The Balaban J connectivity index is 1.49. The van der Waals surface area contributed by atoms with Gasteiger partial charge in [-0.1, -0.05) is 35.9 Å². The Labute approximate surface area is 185 Å². The Bertz CT molecular complexity index is 1400. The number of esters is 1. The van der Waals surface area contributed by atoms with E-state index in [0.717, 1.165) is 10.1 Å². The van der Waals surface area contributed by atoms with Crippen molar-refractivity contribution in [3.63, 3.8) is 0 Å². The van der Waals surface area contributed by atoms with Gasteiger partial charge in [-0.2, -0.15) is 5.26 Å². The summed E-state index contributed by atoms with van der Waals surface area (Å²) in [4.78, 5) is 13.1. The predicted molar refractivity (Wildman–Crippen MR) is 116 cm³/mol. The van der Waals surface area contributed by atoms with Crippen LogP contribution in [0.25, 0.3) is 10.1 Å². The fourth-order valence-corrected chi connectivity index (χ4v) is 4.93. The van der Waals surface area contributed by atoms with Gasteiger partial charge >= 0.3 is 5.97 Å². The molecule has 4 aromatic rings. The number of nitrogens with two attached hydrogens (primary N) is 1. The lowest BCUT2D eigenvalue weighted by atomic mass is 9.87. The van der Waals surface area contributed by atoms with Crippen LogP contribution in [-0.2, 0) is 0 Å². The van der Waals surface area contributed by atoms with Crippen LogP contribution in [0.3, 0.4) is 0 Å². The van der Waals surface area contributed by atoms with Crippen molar-refractivity contribution in [3.8, 4) is 17.6 Å². The lowest BCUT2D eigenvalue weighted by Crippen LogP contribution is -2.21. The van der Waals surface area contributed by atoms with E-state index < -0.39 is 11.9 Å². The molecule has 0 saturated carbocycles. The number of halogens is 1. The number of furan rings is 1. The van der Waals surface area contributed by atoms with Crippen LogP contribution >= 0.6 is 22.9 Å². The van der Waals surface area contributed by atoms with Crippen LogP contribution in [0.15, 0.2) is 76.7 Å². The number of carbonyl (C=O) groups is 1. The number of nitrogens with zero attached hydrogens (tertiary/aromatic N) is 1. The zero-order valence-corrected chi connectivity index (χ0v) is 17.4. The predicted octanol–water partition coefficient (Wildman–Crippen LogP) is 5.59. The van der Waals surface area contributed by atoms with Crippen LogP contribution in [0.1, 0.15) is 26.9 Å². The summed E-state index contributed by atoms with van der Waals surface area (Å²) >= 11 is 7.65. The van der Waals surface area contributed by atoms with Gasteiger partial charge in [0.15, 0.2) is 0 Å². The van der Waals surface area contributed by atoms with Crippen molar-refractivity contribution < 1.29 is 18.7 Å². The molecule has 8 heteroatoms. The number of benzene rings is 2. The van der Waals surface area contributed by atoms with E-state index in [9.17, 15) is 10.1 Å². The second-order valence-electron chi connectivity index (χ2n) is 6.77. The van der Waals surface area contributed by atoms with Gasteiger partial charge in [0.25, 0.3) is 0 Å². The third kappa shape index (κ3) is 3.22. The van der Waals surface area contributed by atoms with Crippen LogP contribution in [0.5, 0.6) is 11.5 Å². The third-order valence-corrected chi connectivity index (χ3v) is 6.60. The maximum atomic E-state index is 12.8. The van der Waals surface area contributed by atoms with Crippen LogP contribution in [0, 0.1) is 11.3 Å². The van der Waals surface area contributed by atoms with Gasteiger partial charge in [0.1, 0.15) is 33.8 Å². The number of fused-ring (bicyclic) bond motifs is 2. The van der Waals surface area contributed by atoms with Gasteiger partial charge in [-0.05, 0) is 24.3 Å². The topological polar surface area (TPSA) is 98.5 Å². The molecule has 1 atom stereocenters. The molecule has 0 amide bonds. The Morgan fingerprint density at radius 2 is 2.03 bits per heavy atom. The van der Waals surface area contributed by atoms with Crippen molar-refractivity contribution in [2.75, 3.05) is 0 Å². The van der Waals surface area contributed by atoms with E-state index in [4.69, 9.17) is 31.2 Å². The van der Waals surface area contributed by atoms with Gasteiger partial charge in [0.05, 0.1) is 17.2 Å². The maximum absolute atomic E-state index is 12.8. The molecule has 6 nitrogen and oxygen atoms in total. The van der Waals surface area contributed by atoms with Gasteiger partial charge in [-0.15, -0.1) is 11.3 Å². The first kappa shape index (κ1) is 19.2. The van der Waals surface area contributed by atoms with E-state index in [1.165, 1.54) is 17.6 Å². The molecule has 1 aliphatic rings. The Hall–Kier alpha value is -3.73. The molecular weight excluding hydrogens is 436 g/mol. The minimum atomic E-state index is -0.564. The van der Waals surface area contributed by atoms with E-state index in [0.29, 0.717) is 27.0 Å². The van der Waals surface area contributed by atoms with Crippen molar-refractivity contribution in [2.24, 2.45) is 5.73 Å². The summed E-state index contributed by atoms with van der Waals surface area (Å²) in [6.45, 7) is 0. The van der Waals surface area contributed by atoms with Gasteiger partial charge in [0, 0.05) is 21.7 Å². The minimum Gasteiger partial charge on any atom is -0.468 e. The first-order chi connectivity index (χ1) is 15.1. The quantitative estimate of drug-likeness (QED) is 0.324. The highest BCUT2D eigenvalue weighted by atomic mass is 35.5. The third-order valence-electron chi connectivity index (χ3n) is 4.95. The zero-order valence-electron chi connectivity index (χ0n) is 15.8. The van der Waals surface area contributed by atoms with Gasteiger partial charge in [0.2, 0.25) is 5.88 Å². The van der Waals surface area contributed by atoms with Gasteiger partial charge in [-0.3, -0.25) is 0 Å². The molecule has 5 rings (SSSR count). The van der Waals surface area contributed by atoms with Crippen molar-refractivity contribution in [3.05, 3.63) is 93.5 Å². The molecule has 152 valence electrons. The molecule has 2 aromatic carbocycles. The van der Waals surface area contributed by atoms with Crippen LogP contribution in [0.2, 0.25) is 5.02 Å². The Morgan fingerprint density at radius 1 is 1.19 bits per heavy atom. The largest absolute Gasteiger partial charge is 0.468 e. The molecule has 2 N–H and O–H groups in total. The fraction of sp³-hybridized carbons (Fsp3) is 0.0435. The average Bonchev–Trinajstić information content (AvgIpc) is 3.41. The number of ether oxygens (including phenoxy) is 2. The summed E-state index contributed by atoms with van der Waals surface area (Å²) < 4.78 is 17.6. The van der Waals surface area contributed by atoms with Gasteiger partial charge in [-0.25, -0.2) is 4.79 Å². The number of nitriles is 1. The van der Waals surface area contributed by atoms with E-state index in [1.54, 1.807) is 30.3 Å². The lowest BCUT2D eigenvalue weighted by molar-refractivity contribution is 0.0740. The second kappa shape index (κ2) is 7.51. The molecule has 1 aliphatic heterocycles. The smallest absolute Gasteiger partial charge is 0.355 e. The molecule has 2 aromatic heterocycles. The monoisotopic (exact) mass is 448 g/mol. The molecule has 0 fully saturated rings. The van der Waals surface area contributed by atoms with E-state index >= 15 is 0 Å². The molecule has 31 heavy (non-hydrogen) atoms. The highest BCUT2D eigenvalue weighted by Crippen LogP contribution is 2.44. The SMILES string of the molecule is N#CC1=C(N)Oc2cc(OC(=O)c3sc4ccccc4c3Cl)ccc2C1c1ccco1. The molecule has 0 aliphatic carbocycles. The van der Waals surface area contributed by atoms with Gasteiger partial charge < -0.3 is 19.6 Å². The van der Waals surface area contributed by atoms with Crippen LogP contribution < -0.4 is 15.2 Å². The van der Waals surface area contributed by atoms with Crippen molar-refractivity contribution in [1.29, 1.82) is 5.26 Å². The standard InChI is InChI=1S/C23H13ClN2O4S/c24-20-14-4-1-2-6-18(14)31-21(20)23(27)29-12-7-8-13-17(10-12)30-22(26)15(11-25)19(13)16-5-3-9-28-16/h1-10,19H,26H2. The number of allylic oxidation sites excluding steroid dienone is 1. The second-order valence-corrected chi connectivity index (χ2v) is 8.20. The zero-order chi connectivity index (χ0) is 21.5. The highest BCUT2D eigenvalue weighted by Gasteiger charge is 2.33. The van der Waals surface area contributed by atoms with Crippen molar-refractivity contribution in [1.82, 2.24) is 0 Å². The average molecular weight is 449 g/mol. The number of carbonyl (C=O) groups excluding carboxylic acids is 1. The summed E-state index contributed by atoms with van der Waals surface area (Å²) in [5.41, 5.74) is 6.91. The molecule has 0 spiro atoms. The summed E-state index contributed by atoms with van der Waals surface area (Å²) in [6, 6.07) is 18.0. The Kier molecular flexibility index (Phi) is 4.66. The Morgan fingerprint density at radius 3 is 2.77 bits per heavy atom. The first-order valence-electron chi connectivity index (χ1n) is 9.21. The molecule has 0 bridgehead atoms. The molecule has 1 unspecified atom stereocenters. The normalized spacial score (nSPS) is 15.3. The number of hydrogen-bond acceptors (Lipinski definition) is 7. The van der Waals surface area contributed by atoms with E-state index in [1.807, 2.05) is 24.3 Å². The first-order valence-corrected chi connectivity index (χ1v) is 10.4. The minimum absolute atomic E-state index is 0.0209. The molecule has 0 saturated heterocycles. The molecule has 0 radical (unpaired) electrons. The summed E-state index contributed by atoms with van der Waals surface area (Å²) in [6.07, 6.45) is 1.53. The lowest BCUT2D eigenvalue weighted by Gasteiger charge is -2.25. The summed E-state index contributed by atoms with van der Waals surface area (Å²) in [7, 11) is 0. The molecular formula is C23H13ClN2O4S. The van der Waals surface area contributed by atoms with Crippen molar-refractivity contribution >= 4 is 39.0 Å². The maximum Gasteiger partial charge on any atom is 0.355 e. The number of rotatable bonds is 3. The number of hydrogen-bond donors (Lipinski definition) is 1. The van der Waals surface area contributed by atoms with Crippen LogP contribution in [0.4, 0.5) is 0 Å². The molecule has 3 heterocycles. The fourth-order valence-electron chi connectivity index (χ4n) is 3.55. The highest BCUT2D eigenvalue weighted by molar-refractivity contribution is 7.21. The van der Waals surface area contributed by atoms with Crippen molar-refractivity contribution in [2.45, 2.75) is 5.92 Å². The summed E-state index contributed by atoms with van der Waals surface area (Å²) in [5, 5.41) is 10.7. The van der Waals surface area contributed by atoms with Crippen LogP contribution in [-0.4, -0.2) is 5.97 Å². The van der Waals surface area contributed by atoms with E-state index in [2.05, 4.69) is 6.07 Å². The number of thiophene rings is 1.